The Balaban J connectivity index is 2.36. The Morgan fingerprint density at radius 3 is 1.75 bits per heavy atom. The minimum absolute atomic E-state index is 0.203. The second-order valence-electron chi connectivity index (χ2n) is 5.73. The summed E-state index contributed by atoms with van der Waals surface area (Å²) < 4.78 is 38.8. The van der Waals surface area contributed by atoms with Gasteiger partial charge in [-0.2, -0.15) is 13.2 Å². The molecule has 150 valence electrons. The van der Waals surface area contributed by atoms with Gasteiger partial charge in [0.1, 0.15) is 12.9 Å². The molecule has 0 aliphatic carbocycles. The van der Waals surface area contributed by atoms with Gasteiger partial charge >= 0.3 is 18.1 Å². The number of carboxylic acid groups (broad SMARTS) is 1. The first-order valence-corrected chi connectivity index (χ1v) is 10.9. The number of rotatable bonds is 8. The second-order valence-corrected chi connectivity index (χ2v) is 9.81. The number of carbonyl (C=O) groups is 2. The van der Waals surface area contributed by atoms with E-state index in [0.717, 1.165) is 0 Å². The first-order valence-electron chi connectivity index (χ1n) is 7.93. The monoisotopic (exact) mass is 431 g/mol. The molecule has 0 saturated carbocycles. The van der Waals surface area contributed by atoms with Crippen LogP contribution in [0.1, 0.15) is 0 Å². The smallest absolute Gasteiger partial charge is 0.471 e. The number of hydrogen-bond donors (Lipinski definition) is 3. The standard InChI is InChI=1S/C17H17F3N3O3PS/c18-17(19,20)16(26)23(11-15(24)25)12-27(28,21-13-7-3-1-4-8-13)22-14-9-5-2-6-10-14/h1-10H,11-12H2,(H,24,25)(H2,21,22,28). The summed E-state index contributed by atoms with van der Waals surface area (Å²) in [6.07, 6.45) is -8.97. The molecular formula is C17H17F3N3O3PS. The van der Waals surface area contributed by atoms with Gasteiger partial charge in [0.2, 0.25) is 0 Å². The van der Waals surface area contributed by atoms with Crippen molar-refractivity contribution in [1.29, 1.82) is 0 Å². The van der Waals surface area contributed by atoms with Gasteiger partial charge in [0, 0.05) is 11.4 Å². The molecule has 0 saturated heterocycles. The minimum Gasteiger partial charge on any atom is -0.480 e. The number of nitrogens with zero attached hydrogens (tertiary/aromatic N) is 1. The van der Waals surface area contributed by atoms with Crippen LogP contribution in [0.5, 0.6) is 0 Å². The average Bonchev–Trinajstić information content (AvgIpc) is 2.60. The van der Waals surface area contributed by atoms with E-state index in [1.54, 1.807) is 60.7 Å². The van der Waals surface area contributed by atoms with Gasteiger partial charge < -0.3 is 20.2 Å². The summed E-state index contributed by atoms with van der Waals surface area (Å²) in [4.78, 5) is 23.0. The highest BCUT2D eigenvalue weighted by Gasteiger charge is 2.44. The van der Waals surface area contributed by atoms with E-state index in [-0.39, 0.29) is 4.90 Å². The van der Waals surface area contributed by atoms with Crippen molar-refractivity contribution in [2.45, 2.75) is 6.18 Å². The Hall–Kier alpha value is -2.58. The summed E-state index contributed by atoms with van der Waals surface area (Å²) in [5.74, 6) is -3.83. The Morgan fingerprint density at radius 1 is 0.964 bits per heavy atom. The maximum atomic E-state index is 12.9. The maximum Gasteiger partial charge on any atom is 0.471 e. The lowest BCUT2D eigenvalue weighted by Crippen LogP contribution is -2.45. The summed E-state index contributed by atoms with van der Waals surface area (Å²) in [5.41, 5.74) is 1.06. The summed E-state index contributed by atoms with van der Waals surface area (Å²) in [6, 6.07) is 17.0. The highest BCUT2D eigenvalue weighted by molar-refractivity contribution is 8.16. The van der Waals surface area contributed by atoms with Crippen molar-refractivity contribution in [2.75, 3.05) is 23.0 Å². The predicted molar refractivity (Wildman–Crippen MR) is 105 cm³/mol. The third kappa shape index (κ3) is 6.54. The molecule has 28 heavy (non-hydrogen) atoms. The molecule has 0 bridgehead atoms. The molecule has 6 nitrogen and oxygen atoms in total. The van der Waals surface area contributed by atoms with Gasteiger partial charge in [-0.25, -0.2) is 0 Å². The SMILES string of the molecule is O=C(O)CN(CP(=S)(Nc1ccccc1)Nc1ccccc1)C(=O)C(F)(F)F. The van der Waals surface area contributed by atoms with E-state index >= 15 is 0 Å². The van der Waals surface area contributed by atoms with Crippen LogP contribution >= 0.6 is 6.34 Å². The molecule has 0 fully saturated rings. The number of amides is 1. The molecule has 0 aromatic heterocycles. The Labute approximate surface area is 164 Å². The fourth-order valence-corrected chi connectivity index (χ4v) is 5.40. The Bertz CT molecular complexity index is 821. The van der Waals surface area contributed by atoms with Crippen molar-refractivity contribution in [1.82, 2.24) is 4.90 Å². The normalized spacial score (nSPS) is 11.5. The van der Waals surface area contributed by atoms with Crippen molar-refractivity contribution in [3.05, 3.63) is 60.7 Å². The van der Waals surface area contributed by atoms with E-state index in [1.165, 1.54) is 0 Å². The van der Waals surface area contributed by atoms with Gasteiger partial charge in [-0.05, 0) is 36.1 Å². The van der Waals surface area contributed by atoms with Gasteiger partial charge in [-0.1, -0.05) is 36.4 Å². The molecule has 0 heterocycles. The first-order chi connectivity index (χ1) is 13.1. The Morgan fingerprint density at radius 2 is 1.39 bits per heavy atom. The largest absolute Gasteiger partial charge is 0.480 e. The summed E-state index contributed by atoms with van der Waals surface area (Å²) >= 11 is 5.57. The minimum atomic E-state index is -5.21. The molecule has 0 atom stereocenters. The number of para-hydroxylation sites is 2. The van der Waals surface area contributed by atoms with Crippen LogP contribution < -0.4 is 10.2 Å². The molecule has 0 spiro atoms. The maximum absolute atomic E-state index is 12.9. The zero-order valence-electron chi connectivity index (χ0n) is 14.4. The number of anilines is 2. The summed E-state index contributed by atoms with van der Waals surface area (Å²) in [5, 5.41) is 14.9. The number of benzene rings is 2. The molecule has 0 unspecified atom stereocenters. The molecule has 2 aromatic carbocycles. The predicted octanol–water partition coefficient (Wildman–Crippen LogP) is 3.95. The highest BCUT2D eigenvalue weighted by Crippen LogP contribution is 2.46. The molecule has 0 radical (unpaired) electrons. The van der Waals surface area contributed by atoms with Crippen LogP contribution in [0.3, 0.4) is 0 Å². The number of aliphatic carboxylic acids is 1. The molecule has 0 aliphatic heterocycles. The number of alkyl halides is 3. The molecular weight excluding hydrogens is 414 g/mol. The average molecular weight is 431 g/mol. The molecule has 3 N–H and O–H groups in total. The van der Waals surface area contributed by atoms with E-state index in [4.69, 9.17) is 16.9 Å². The van der Waals surface area contributed by atoms with Gasteiger partial charge in [-0.15, -0.1) is 0 Å². The lowest BCUT2D eigenvalue weighted by Gasteiger charge is -2.32. The van der Waals surface area contributed by atoms with Crippen LogP contribution in [0.4, 0.5) is 24.5 Å². The Kier molecular flexibility index (Phi) is 7.04. The van der Waals surface area contributed by atoms with Crippen LogP contribution in [0.25, 0.3) is 0 Å². The fourth-order valence-electron chi connectivity index (χ4n) is 2.31. The van der Waals surface area contributed by atoms with Crippen LogP contribution in [-0.2, 0) is 21.4 Å². The van der Waals surface area contributed by atoms with Gasteiger partial charge in [-0.3, -0.25) is 9.59 Å². The summed E-state index contributed by atoms with van der Waals surface area (Å²) in [7, 11) is 0. The van der Waals surface area contributed by atoms with Crippen LogP contribution in [-0.4, -0.2) is 40.9 Å². The number of halogens is 3. The molecule has 0 aliphatic rings. The number of hydrogen-bond acceptors (Lipinski definition) is 3. The third-order valence-corrected chi connectivity index (χ3v) is 6.27. The fraction of sp³-hybridized carbons (Fsp3) is 0.176. The third-order valence-electron chi connectivity index (χ3n) is 3.39. The first kappa shape index (κ1) is 21.7. The second kappa shape index (κ2) is 9.07. The molecule has 2 aromatic rings. The highest BCUT2D eigenvalue weighted by atomic mass is 32.4. The van der Waals surface area contributed by atoms with Crippen LogP contribution in [0, 0.1) is 0 Å². The van der Waals surface area contributed by atoms with Crippen molar-refractivity contribution < 1.29 is 27.9 Å². The zero-order chi connectivity index (χ0) is 20.8. The lowest BCUT2D eigenvalue weighted by atomic mass is 10.3. The van der Waals surface area contributed by atoms with Crippen molar-refractivity contribution in [2.24, 2.45) is 0 Å². The molecule has 1 amide bonds. The van der Waals surface area contributed by atoms with Gasteiger partial charge in [0.05, 0.1) is 6.29 Å². The molecule has 11 heteroatoms. The van der Waals surface area contributed by atoms with Crippen molar-refractivity contribution in [3.8, 4) is 0 Å². The van der Waals surface area contributed by atoms with Gasteiger partial charge in [0.15, 0.2) is 0 Å². The van der Waals surface area contributed by atoms with E-state index < -0.39 is 37.2 Å². The quantitative estimate of drug-likeness (QED) is 0.549. The van der Waals surface area contributed by atoms with Crippen LogP contribution in [0.2, 0.25) is 0 Å². The van der Waals surface area contributed by atoms with E-state index in [1.807, 2.05) is 0 Å². The zero-order valence-corrected chi connectivity index (χ0v) is 16.1. The van der Waals surface area contributed by atoms with Gasteiger partial charge in [0.25, 0.3) is 0 Å². The molecule has 2 rings (SSSR count). The number of carboxylic acids is 1. The topological polar surface area (TPSA) is 81.7 Å². The van der Waals surface area contributed by atoms with E-state index in [2.05, 4.69) is 10.2 Å². The van der Waals surface area contributed by atoms with Crippen molar-refractivity contribution >= 4 is 41.4 Å². The summed E-state index contributed by atoms with van der Waals surface area (Å²) in [6.45, 7) is -1.12. The van der Waals surface area contributed by atoms with Crippen LogP contribution in [0.15, 0.2) is 60.7 Å². The lowest BCUT2D eigenvalue weighted by molar-refractivity contribution is -0.185. The van der Waals surface area contributed by atoms with Crippen molar-refractivity contribution in [3.63, 3.8) is 0 Å². The number of carbonyl (C=O) groups excluding carboxylic acids is 1. The van der Waals surface area contributed by atoms with E-state index in [0.29, 0.717) is 11.4 Å². The van der Waals surface area contributed by atoms with E-state index in [9.17, 15) is 22.8 Å². The number of nitrogens with one attached hydrogen (secondary N) is 2.